The van der Waals surface area contributed by atoms with Gasteiger partial charge in [-0.25, -0.2) is 0 Å². The summed E-state index contributed by atoms with van der Waals surface area (Å²) in [6.45, 7) is 4.42. The van der Waals surface area contributed by atoms with Crippen molar-refractivity contribution in [1.29, 1.82) is 0 Å². The molecule has 1 aromatic rings. The van der Waals surface area contributed by atoms with E-state index in [-0.39, 0.29) is 24.8 Å². The summed E-state index contributed by atoms with van der Waals surface area (Å²) < 4.78 is 5.36. The second kappa shape index (κ2) is 6.13. The number of hydrogen-bond acceptors (Lipinski definition) is 4. The fourth-order valence-corrected chi connectivity index (χ4v) is 2.03. The topological polar surface area (TPSA) is 84.7 Å². The van der Waals surface area contributed by atoms with E-state index in [1.807, 2.05) is 38.1 Å². The molecule has 0 fully saturated rings. The maximum atomic E-state index is 11.9. The SMILES string of the molecule is CC(C)(N)CNC(=O)CCN1C(=O)COc2ccccc21. The molecule has 0 radical (unpaired) electrons. The predicted molar refractivity (Wildman–Crippen MR) is 80.2 cm³/mol. The quantitative estimate of drug-likeness (QED) is 0.834. The Morgan fingerprint density at radius 1 is 1.43 bits per heavy atom. The molecular weight excluding hydrogens is 270 g/mol. The van der Waals surface area contributed by atoms with Crippen molar-refractivity contribution in [3.8, 4) is 5.75 Å². The van der Waals surface area contributed by atoms with E-state index in [1.54, 1.807) is 4.90 Å². The molecule has 0 unspecified atom stereocenters. The highest BCUT2D eigenvalue weighted by molar-refractivity contribution is 5.98. The molecule has 0 saturated carbocycles. The largest absolute Gasteiger partial charge is 0.482 e. The number of amides is 2. The van der Waals surface area contributed by atoms with Gasteiger partial charge in [0.05, 0.1) is 5.69 Å². The van der Waals surface area contributed by atoms with Gasteiger partial charge in [-0.15, -0.1) is 0 Å². The molecular formula is C15H21N3O3. The van der Waals surface area contributed by atoms with Crippen molar-refractivity contribution in [3.05, 3.63) is 24.3 Å². The van der Waals surface area contributed by atoms with E-state index in [0.717, 1.165) is 0 Å². The van der Waals surface area contributed by atoms with Crippen LogP contribution in [0.4, 0.5) is 5.69 Å². The third-order valence-electron chi connectivity index (χ3n) is 3.11. The van der Waals surface area contributed by atoms with Crippen LogP contribution < -0.4 is 20.7 Å². The Hall–Kier alpha value is -2.08. The van der Waals surface area contributed by atoms with Gasteiger partial charge in [0.1, 0.15) is 5.75 Å². The van der Waals surface area contributed by atoms with Crippen molar-refractivity contribution < 1.29 is 14.3 Å². The van der Waals surface area contributed by atoms with Crippen LogP contribution in [-0.4, -0.2) is 37.0 Å². The lowest BCUT2D eigenvalue weighted by molar-refractivity contribution is -0.122. The molecule has 0 spiro atoms. The molecule has 1 aliphatic heterocycles. The van der Waals surface area contributed by atoms with Crippen LogP contribution in [0, 0.1) is 0 Å². The van der Waals surface area contributed by atoms with Gasteiger partial charge >= 0.3 is 0 Å². The van der Waals surface area contributed by atoms with Crippen LogP contribution >= 0.6 is 0 Å². The normalized spacial score (nSPS) is 14.4. The first-order chi connectivity index (χ1) is 9.87. The van der Waals surface area contributed by atoms with Crippen LogP contribution in [0.3, 0.4) is 0 Å². The first-order valence-electron chi connectivity index (χ1n) is 6.94. The summed E-state index contributed by atoms with van der Waals surface area (Å²) >= 11 is 0. The molecule has 0 saturated heterocycles. The molecule has 6 heteroatoms. The molecule has 1 aliphatic rings. The van der Waals surface area contributed by atoms with Gasteiger partial charge in [0.15, 0.2) is 6.61 Å². The average Bonchev–Trinajstić information content (AvgIpc) is 2.43. The van der Waals surface area contributed by atoms with Crippen molar-refractivity contribution in [2.75, 3.05) is 24.6 Å². The van der Waals surface area contributed by atoms with Gasteiger partial charge in [-0.2, -0.15) is 0 Å². The zero-order chi connectivity index (χ0) is 15.5. The lowest BCUT2D eigenvalue weighted by atomic mass is 10.1. The fourth-order valence-electron chi connectivity index (χ4n) is 2.03. The molecule has 0 atom stereocenters. The van der Waals surface area contributed by atoms with E-state index >= 15 is 0 Å². The van der Waals surface area contributed by atoms with E-state index in [0.29, 0.717) is 24.5 Å². The number of rotatable bonds is 5. The molecule has 114 valence electrons. The van der Waals surface area contributed by atoms with Crippen LogP contribution in [-0.2, 0) is 9.59 Å². The summed E-state index contributed by atoms with van der Waals surface area (Å²) in [5.41, 5.74) is 6.07. The molecule has 1 heterocycles. The minimum atomic E-state index is -0.447. The number of nitrogens with one attached hydrogen (secondary N) is 1. The molecule has 0 bridgehead atoms. The number of ether oxygens (including phenoxy) is 1. The minimum absolute atomic E-state index is 0.00840. The number of nitrogens with zero attached hydrogens (tertiary/aromatic N) is 1. The summed E-state index contributed by atoms with van der Waals surface area (Å²) in [6.07, 6.45) is 0.232. The van der Waals surface area contributed by atoms with Crippen LogP contribution in [0.2, 0.25) is 0 Å². The maximum absolute atomic E-state index is 11.9. The van der Waals surface area contributed by atoms with Gasteiger partial charge in [0, 0.05) is 25.0 Å². The van der Waals surface area contributed by atoms with Crippen LogP contribution in [0.5, 0.6) is 5.75 Å². The number of benzene rings is 1. The maximum Gasteiger partial charge on any atom is 0.265 e. The zero-order valence-electron chi connectivity index (χ0n) is 12.4. The lowest BCUT2D eigenvalue weighted by Crippen LogP contribution is -2.46. The van der Waals surface area contributed by atoms with Gasteiger partial charge in [-0.1, -0.05) is 12.1 Å². The number of anilines is 1. The highest BCUT2D eigenvalue weighted by atomic mass is 16.5. The molecule has 0 aliphatic carbocycles. The highest BCUT2D eigenvalue weighted by Crippen LogP contribution is 2.31. The van der Waals surface area contributed by atoms with Crippen molar-refractivity contribution in [3.63, 3.8) is 0 Å². The van der Waals surface area contributed by atoms with Gasteiger partial charge in [0.2, 0.25) is 5.91 Å². The van der Waals surface area contributed by atoms with E-state index in [4.69, 9.17) is 10.5 Å². The van der Waals surface area contributed by atoms with Gasteiger partial charge in [-0.3, -0.25) is 9.59 Å². The van der Waals surface area contributed by atoms with E-state index in [2.05, 4.69) is 5.32 Å². The second-order valence-corrected chi connectivity index (χ2v) is 5.82. The standard InChI is InChI=1S/C15H21N3O3/c1-15(2,16)10-17-13(19)7-8-18-11-5-3-4-6-12(11)21-9-14(18)20/h3-6H,7-10,16H2,1-2H3,(H,17,19). The van der Waals surface area contributed by atoms with Crippen molar-refractivity contribution in [1.82, 2.24) is 5.32 Å². The van der Waals surface area contributed by atoms with Crippen molar-refractivity contribution in [2.45, 2.75) is 25.8 Å². The Morgan fingerprint density at radius 3 is 2.86 bits per heavy atom. The third kappa shape index (κ3) is 4.19. The molecule has 2 rings (SSSR count). The Kier molecular flexibility index (Phi) is 4.47. The lowest BCUT2D eigenvalue weighted by Gasteiger charge is -2.29. The molecule has 6 nitrogen and oxygen atoms in total. The number of carbonyl (C=O) groups excluding carboxylic acids is 2. The van der Waals surface area contributed by atoms with E-state index in [1.165, 1.54) is 0 Å². The summed E-state index contributed by atoms with van der Waals surface area (Å²) in [7, 11) is 0. The summed E-state index contributed by atoms with van der Waals surface area (Å²) in [5.74, 6) is 0.409. The number of fused-ring (bicyclic) bond motifs is 1. The molecule has 0 aromatic heterocycles. The minimum Gasteiger partial charge on any atom is -0.482 e. The molecule has 2 amide bonds. The number of para-hydroxylation sites is 2. The van der Waals surface area contributed by atoms with Gasteiger partial charge < -0.3 is 20.7 Å². The zero-order valence-corrected chi connectivity index (χ0v) is 12.4. The van der Waals surface area contributed by atoms with Gasteiger partial charge in [-0.05, 0) is 26.0 Å². The number of nitrogens with two attached hydrogens (primary N) is 1. The third-order valence-corrected chi connectivity index (χ3v) is 3.11. The number of carbonyl (C=O) groups is 2. The molecule has 21 heavy (non-hydrogen) atoms. The van der Waals surface area contributed by atoms with E-state index < -0.39 is 5.54 Å². The Labute approximate surface area is 124 Å². The monoisotopic (exact) mass is 291 g/mol. The smallest absolute Gasteiger partial charge is 0.265 e. The summed E-state index contributed by atoms with van der Waals surface area (Å²) in [5, 5.41) is 2.77. The predicted octanol–water partition coefficient (Wildman–Crippen LogP) is 0.656. The molecule has 3 N–H and O–H groups in total. The summed E-state index contributed by atoms with van der Waals surface area (Å²) in [6, 6.07) is 7.31. The first kappa shape index (κ1) is 15.3. The second-order valence-electron chi connectivity index (χ2n) is 5.82. The van der Waals surface area contributed by atoms with Crippen molar-refractivity contribution >= 4 is 17.5 Å². The number of hydrogen-bond donors (Lipinski definition) is 2. The van der Waals surface area contributed by atoms with Crippen molar-refractivity contribution in [2.24, 2.45) is 5.73 Å². The van der Waals surface area contributed by atoms with Gasteiger partial charge in [0.25, 0.3) is 5.91 Å². The average molecular weight is 291 g/mol. The Morgan fingerprint density at radius 2 is 2.14 bits per heavy atom. The Balaban J connectivity index is 1.94. The first-order valence-corrected chi connectivity index (χ1v) is 6.94. The fraction of sp³-hybridized carbons (Fsp3) is 0.467. The summed E-state index contributed by atoms with van der Waals surface area (Å²) in [4.78, 5) is 25.3. The van der Waals surface area contributed by atoms with E-state index in [9.17, 15) is 9.59 Å². The molecule has 1 aromatic carbocycles. The van der Waals surface area contributed by atoms with Crippen LogP contribution in [0.15, 0.2) is 24.3 Å². The van der Waals surface area contributed by atoms with Crippen LogP contribution in [0.1, 0.15) is 20.3 Å². The van der Waals surface area contributed by atoms with Crippen LogP contribution in [0.25, 0.3) is 0 Å². The Bertz CT molecular complexity index is 537. The highest BCUT2D eigenvalue weighted by Gasteiger charge is 2.25.